The minimum absolute atomic E-state index is 0.0163. The van der Waals surface area contributed by atoms with E-state index in [1.807, 2.05) is 0 Å². The number of rotatable bonds is 13. The summed E-state index contributed by atoms with van der Waals surface area (Å²) in [6.07, 6.45) is -3.06. The molecule has 0 N–H and O–H groups in total. The van der Waals surface area contributed by atoms with Crippen LogP contribution in [0.2, 0.25) is 0 Å². The first-order valence-electron chi connectivity index (χ1n) is 15.1. The van der Waals surface area contributed by atoms with E-state index in [2.05, 4.69) is 4.99 Å². The normalized spacial score (nSPS) is 15.1. The quantitative estimate of drug-likeness (QED) is 0.0760. The first-order valence-corrected chi connectivity index (χ1v) is 15.1. The number of aromatic nitrogens is 2. The number of aliphatic imine (C=N–C) groups is 1. The molecule has 2 unspecified atom stereocenters. The molecule has 2 atom stereocenters. The summed E-state index contributed by atoms with van der Waals surface area (Å²) >= 11 is 0. The van der Waals surface area contributed by atoms with Gasteiger partial charge in [0.05, 0.1) is 31.4 Å². The van der Waals surface area contributed by atoms with Gasteiger partial charge in [-0.2, -0.15) is 13.2 Å². The van der Waals surface area contributed by atoms with Gasteiger partial charge >= 0.3 is 11.9 Å². The number of ether oxygens (including phenoxy) is 2. The summed E-state index contributed by atoms with van der Waals surface area (Å²) < 4.78 is 84.3. The standard InChI is InChI=1S/C35H32F5N3O5/c1-21-31(24-11-6-15-29(47-2)32(24)37)33(45)43(34(46)42(21)19-25-26(35(38,39)40)12-7-13-27(25)36)18-23(22-9-4-3-5-10-22)17-41-16-8-14-28(44)30-20-48-30/h3-7,9-13,15,17,23,30H,8,14,16,18-20H2,1-2H3. The number of hydrogen-bond acceptors (Lipinski definition) is 6. The minimum atomic E-state index is -4.95. The predicted octanol–water partition coefficient (Wildman–Crippen LogP) is 5.94. The Bertz CT molecular complexity index is 1950. The van der Waals surface area contributed by atoms with Crippen LogP contribution in [0, 0.1) is 18.6 Å². The number of halogens is 5. The second-order valence-electron chi connectivity index (χ2n) is 11.3. The Labute approximate surface area is 272 Å². The fraction of sp³-hybridized carbons (Fsp3) is 0.314. The number of alkyl halides is 3. The Kier molecular flexibility index (Phi) is 10.4. The first kappa shape index (κ1) is 34.4. The van der Waals surface area contributed by atoms with E-state index in [1.54, 1.807) is 30.3 Å². The molecular weight excluding hydrogens is 637 g/mol. The van der Waals surface area contributed by atoms with Gasteiger partial charge in [-0.1, -0.05) is 48.5 Å². The summed E-state index contributed by atoms with van der Waals surface area (Å²) in [5.41, 5.74) is -4.10. The van der Waals surface area contributed by atoms with Gasteiger partial charge in [0.1, 0.15) is 11.9 Å². The van der Waals surface area contributed by atoms with Gasteiger partial charge in [0.2, 0.25) is 0 Å². The van der Waals surface area contributed by atoms with Crippen molar-refractivity contribution in [2.45, 2.75) is 51.1 Å². The molecule has 1 fully saturated rings. The van der Waals surface area contributed by atoms with Crippen LogP contribution in [0.25, 0.3) is 11.1 Å². The van der Waals surface area contributed by atoms with Gasteiger partial charge < -0.3 is 9.47 Å². The van der Waals surface area contributed by atoms with Gasteiger partial charge in [-0.15, -0.1) is 0 Å². The molecular formula is C35H32F5N3O5. The highest BCUT2D eigenvalue weighted by molar-refractivity contribution is 5.85. The van der Waals surface area contributed by atoms with Gasteiger partial charge in [-0.3, -0.25) is 23.7 Å². The van der Waals surface area contributed by atoms with Gasteiger partial charge in [0.15, 0.2) is 17.3 Å². The molecule has 3 aromatic carbocycles. The molecule has 1 saturated heterocycles. The summed E-state index contributed by atoms with van der Waals surface area (Å²) in [6, 6.07) is 15.2. The van der Waals surface area contributed by atoms with Crippen LogP contribution in [0.3, 0.4) is 0 Å². The molecule has 4 aromatic rings. The van der Waals surface area contributed by atoms with Crippen LogP contribution in [-0.4, -0.2) is 47.5 Å². The maximum absolute atomic E-state index is 15.6. The second-order valence-corrected chi connectivity index (χ2v) is 11.3. The van der Waals surface area contributed by atoms with Crippen molar-refractivity contribution >= 4 is 12.0 Å². The minimum Gasteiger partial charge on any atom is -0.494 e. The van der Waals surface area contributed by atoms with Crippen molar-refractivity contribution < 1.29 is 36.2 Å². The smallest absolute Gasteiger partial charge is 0.416 e. The molecule has 1 aliphatic rings. The van der Waals surface area contributed by atoms with Crippen LogP contribution in [0.4, 0.5) is 22.0 Å². The molecule has 5 rings (SSSR count). The molecule has 0 aliphatic carbocycles. The van der Waals surface area contributed by atoms with Crippen molar-refractivity contribution in [3.8, 4) is 16.9 Å². The number of hydrogen-bond donors (Lipinski definition) is 0. The average molecular weight is 670 g/mol. The topological polar surface area (TPSA) is 95.2 Å². The van der Waals surface area contributed by atoms with E-state index in [-0.39, 0.29) is 54.0 Å². The lowest BCUT2D eigenvalue weighted by molar-refractivity contribution is -0.138. The Morgan fingerprint density at radius 2 is 1.75 bits per heavy atom. The molecule has 8 nitrogen and oxygen atoms in total. The number of carbonyl (C=O) groups is 1. The lowest BCUT2D eigenvalue weighted by atomic mass is 9.99. The molecule has 1 aromatic heterocycles. The zero-order chi connectivity index (χ0) is 34.6. The number of carbonyl (C=O) groups excluding carboxylic acids is 1. The van der Waals surface area contributed by atoms with E-state index < -0.39 is 52.6 Å². The summed E-state index contributed by atoms with van der Waals surface area (Å²) in [7, 11) is 1.23. The number of ketones is 1. The van der Waals surface area contributed by atoms with Gasteiger partial charge in [-0.25, -0.2) is 13.6 Å². The Morgan fingerprint density at radius 1 is 1.04 bits per heavy atom. The van der Waals surface area contributed by atoms with E-state index in [0.29, 0.717) is 24.7 Å². The van der Waals surface area contributed by atoms with Gasteiger partial charge in [0.25, 0.3) is 5.56 Å². The maximum Gasteiger partial charge on any atom is 0.416 e. The molecule has 0 spiro atoms. The summed E-state index contributed by atoms with van der Waals surface area (Å²) in [5.74, 6) is -3.05. The van der Waals surface area contributed by atoms with E-state index in [0.717, 1.165) is 21.3 Å². The van der Waals surface area contributed by atoms with Gasteiger partial charge in [0, 0.05) is 48.5 Å². The molecule has 0 amide bonds. The lowest BCUT2D eigenvalue weighted by Crippen LogP contribution is -2.43. The zero-order valence-electron chi connectivity index (χ0n) is 26.1. The van der Waals surface area contributed by atoms with E-state index in [9.17, 15) is 27.6 Å². The molecule has 0 saturated carbocycles. The highest BCUT2D eigenvalue weighted by Crippen LogP contribution is 2.34. The molecule has 0 radical (unpaired) electrons. The van der Waals surface area contributed by atoms with E-state index in [4.69, 9.17) is 9.47 Å². The number of epoxide rings is 1. The summed E-state index contributed by atoms with van der Waals surface area (Å²) in [4.78, 5) is 44.6. The monoisotopic (exact) mass is 669 g/mol. The van der Waals surface area contributed by atoms with Crippen molar-refractivity contribution in [1.29, 1.82) is 0 Å². The molecule has 13 heteroatoms. The van der Waals surface area contributed by atoms with Crippen LogP contribution in [0.15, 0.2) is 81.3 Å². The highest BCUT2D eigenvalue weighted by Gasteiger charge is 2.35. The third kappa shape index (κ3) is 7.46. The van der Waals surface area contributed by atoms with Crippen LogP contribution < -0.4 is 16.0 Å². The number of Topliss-reactive ketones (excluding diaryl/α,β-unsaturated/α-hetero) is 1. The molecule has 0 bridgehead atoms. The maximum atomic E-state index is 15.6. The Morgan fingerprint density at radius 3 is 2.42 bits per heavy atom. The van der Waals surface area contributed by atoms with Crippen molar-refractivity contribution in [1.82, 2.24) is 9.13 Å². The van der Waals surface area contributed by atoms with Crippen molar-refractivity contribution in [3.05, 3.63) is 122 Å². The lowest BCUT2D eigenvalue weighted by Gasteiger charge is -2.22. The van der Waals surface area contributed by atoms with Gasteiger partial charge in [-0.05, 0) is 37.1 Å². The second kappa shape index (κ2) is 14.5. The largest absolute Gasteiger partial charge is 0.494 e. The Hall–Kier alpha value is -4.91. The van der Waals surface area contributed by atoms with Crippen LogP contribution in [-0.2, 0) is 28.8 Å². The fourth-order valence-electron chi connectivity index (χ4n) is 5.54. The van der Waals surface area contributed by atoms with Crippen molar-refractivity contribution in [2.24, 2.45) is 4.99 Å². The van der Waals surface area contributed by atoms with E-state index in [1.165, 1.54) is 38.4 Å². The Balaban J connectivity index is 1.64. The summed E-state index contributed by atoms with van der Waals surface area (Å²) in [6.45, 7) is 0.746. The molecule has 252 valence electrons. The van der Waals surface area contributed by atoms with Crippen LogP contribution in [0.1, 0.15) is 41.1 Å². The van der Waals surface area contributed by atoms with Crippen molar-refractivity contribution in [2.75, 3.05) is 20.3 Å². The van der Waals surface area contributed by atoms with Crippen LogP contribution >= 0.6 is 0 Å². The third-order valence-corrected chi connectivity index (χ3v) is 8.18. The summed E-state index contributed by atoms with van der Waals surface area (Å²) in [5, 5.41) is 0. The first-order chi connectivity index (χ1) is 22.9. The fourth-order valence-corrected chi connectivity index (χ4v) is 5.54. The molecule has 48 heavy (non-hydrogen) atoms. The predicted molar refractivity (Wildman–Crippen MR) is 169 cm³/mol. The molecule has 1 aliphatic heterocycles. The third-order valence-electron chi connectivity index (χ3n) is 8.18. The highest BCUT2D eigenvalue weighted by atomic mass is 19.4. The number of methoxy groups -OCH3 is 1. The SMILES string of the molecule is COc1cccc(-c2c(C)n(Cc3c(F)cccc3C(F)(F)F)c(=O)n(CC(C=NCCCC(=O)C3CO3)c3ccccc3)c2=O)c1F. The van der Waals surface area contributed by atoms with Crippen LogP contribution in [0.5, 0.6) is 5.75 Å². The van der Waals surface area contributed by atoms with Crippen molar-refractivity contribution in [3.63, 3.8) is 0 Å². The van der Waals surface area contributed by atoms with E-state index >= 15 is 8.78 Å². The number of benzene rings is 3. The number of nitrogens with zero attached hydrogens (tertiary/aromatic N) is 3. The molecule has 2 heterocycles. The zero-order valence-corrected chi connectivity index (χ0v) is 26.1. The average Bonchev–Trinajstić information content (AvgIpc) is 3.91.